The van der Waals surface area contributed by atoms with Gasteiger partial charge in [-0.2, -0.15) is 13.2 Å². The second-order valence-electron chi connectivity index (χ2n) is 4.07. The van der Waals surface area contributed by atoms with Crippen molar-refractivity contribution in [2.24, 2.45) is 5.92 Å². The van der Waals surface area contributed by atoms with Crippen LogP contribution in [0.25, 0.3) is 0 Å². The second kappa shape index (κ2) is 6.45. The van der Waals surface area contributed by atoms with Crippen LogP contribution in [0.2, 0.25) is 0 Å². The van der Waals surface area contributed by atoms with Crippen LogP contribution in [0.5, 0.6) is 0 Å². The summed E-state index contributed by atoms with van der Waals surface area (Å²) in [6, 6.07) is 5.97. The number of hydrogen-bond donors (Lipinski definition) is 1. The molecule has 0 aromatic heterocycles. The molecule has 2 unspecified atom stereocenters. The zero-order chi connectivity index (χ0) is 14.5. The molecule has 0 heterocycles. The maximum absolute atomic E-state index is 13.0. The molecule has 0 fully saturated rings. The highest BCUT2D eigenvalue weighted by molar-refractivity contribution is 5.73. The Morgan fingerprint density at radius 3 is 2.37 bits per heavy atom. The number of benzene rings is 1. The van der Waals surface area contributed by atoms with E-state index in [2.05, 4.69) is 10.1 Å². The van der Waals surface area contributed by atoms with E-state index in [0.717, 1.165) is 0 Å². The number of carbonyl (C=O) groups is 1. The third-order valence-corrected chi connectivity index (χ3v) is 2.61. The average Bonchev–Trinajstić information content (AvgIpc) is 2.35. The largest absolute Gasteiger partial charge is 0.466 e. The van der Waals surface area contributed by atoms with Gasteiger partial charge in [-0.1, -0.05) is 18.2 Å². The Labute approximate surface area is 109 Å². The Bertz CT molecular complexity index is 406. The molecule has 0 saturated heterocycles. The van der Waals surface area contributed by atoms with Gasteiger partial charge in [-0.25, -0.2) is 0 Å². The number of nitrogens with one attached hydrogen (secondary N) is 1. The molecule has 1 aromatic rings. The first-order valence-corrected chi connectivity index (χ1v) is 5.91. The lowest BCUT2D eigenvalue weighted by Crippen LogP contribution is -2.45. The molecule has 0 aliphatic carbocycles. The zero-order valence-corrected chi connectivity index (χ0v) is 10.7. The molecule has 0 bridgehead atoms. The minimum absolute atomic E-state index is 0.0547. The van der Waals surface area contributed by atoms with Crippen molar-refractivity contribution < 1.29 is 22.7 Å². The highest BCUT2D eigenvalue weighted by Crippen LogP contribution is 2.29. The predicted molar refractivity (Wildman–Crippen MR) is 65.7 cm³/mol. The Hall–Kier alpha value is -1.72. The topological polar surface area (TPSA) is 38.3 Å². The van der Waals surface area contributed by atoms with Crippen LogP contribution in [-0.2, 0) is 9.53 Å². The summed E-state index contributed by atoms with van der Waals surface area (Å²) < 4.78 is 43.6. The van der Waals surface area contributed by atoms with E-state index in [9.17, 15) is 18.0 Å². The maximum Gasteiger partial charge on any atom is 0.409 e. The molecular formula is C13H16F3NO2. The van der Waals surface area contributed by atoms with Crippen LogP contribution in [0.4, 0.5) is 18.9 Å². The van der Waals surface area contributed by atoms with Crippen LogP contribution in [0.15, 0.2) is 30.3 Å². The van der Waals surface area contributed by atoms with Gasteiger partial charge in [-0.05, 0) is 26.0 Å². The number of anilines is 1. The van der Waals surface area contributed by atoms with Crippen molar-refractivity contribution >= 4 is 11.7 Å². The lowest BCUT2D eigenvalue weighted by atomic mass is 10.0. The number of ether oxygens (including phenoxy) is 1. The molecule has 6 heteroatoms. The van der Waals surface area contributed by atoms with Gasteiger partial charge in [0.05, 0.1) is 12.5 Å². The molecule has 1 N–H and O–H groups in total. The van der Waals surface area contributed by atoms with Gasteiger partial charge < -0.3 is 10.1 Å². The van der Waals surface area contributed by atoms with E-state index in [4.69, 9.17) is 0 Å². The summed E-state index contributed by atoms with van der Waals surface area (Å²) in [5, 5.41) is 2.33. The van der Waals surface area contributed by atoms with Crippen LogP contribution in [0.3, 0.4) is 0 Å². The summed E-state index contributed by atoms with van der Waals surface area (Å²) in [5.41, 5.74) is 0.306. The summed E-state index contributed by atoms with van der Waals surface area (Å²) in [5.74, 6) is -2.19. The quantitative estimate of drug-likeness (QED) is 0.838. The van der Waals surface area contributed by atoms with E-state index in [1.54, 1.807) is 25.1 Å². The minimum atomic E-state index is -4.54. The first-order valence-electron chi connectivity index (χ1n) is 5.91. The average molecular weight is 275 g/mol. The fourth-order valence-electron chi connectivity index (χ4n) is 1.61. The first kappa shape index (κ1) is 15.3. The van der Waals surface area contributed by atoms with Crippen molar-refractivity contribution in [2.45, 2.75) is 26.1 Å². The van der Waals surface area contributed by atoms with Gasteiger partial charge in [-0.15, -0.1) is 0 Å². The monoisotopic (exact) mass is 275 g/mol. The molecule has 0 spiro atoms. The molecule has 0 radical (unpaired) electrons. The number of esters is 1. The summed E-state index contributed by atoms with van der Waals surface area (Å²) in [7, 11) is 0. The highest BCUT2D eigenvalue weighted by Gasteiger charge is 2.46. The molecule has 1 aromatic carbocycles. The van der Waals surface area contributed by atoms with Gasteiger partial charge >= 0.3 is 12.1 Å². The van der Waals surface area contributed by atoms with E-state index < -0.39 is 24.1 Å². The first-order chi connectivity index (χ1) is 8.86. The smallest absolute Gasteiger partial charge is 0.409 e. The van der Waals surface area contributed by atoms with Crippen molar-refractivity contribution in [3.63, 3.8) is 0 Å². The maximum atomic E-state index is 13.0. The summed E-state index contributed by atoms with van der Waals surface area (Å²) in [4.78, 5) is 11.5. The molecule has 0 aliphatic rings. The molecular weight excluding hydrogens is 259 g/mol. The molecule has 19 heavy (non-hydrogen) atoms. The molecule has 2 atom stereocenters. The van der Waals surface area contributed by atoms with Gasteiger partial charge in [0, 0.05) is 5.69 Å². The minimum Gasteiger partial charge on any atom is -0.466 e. The number of alkyl halides is 3. The lowest BCUT2D eigenvalue weighted by Gasteiger charge is -2.26. The van der Waals surface area contributed by atoms with E-state index in [0.29, 0.717) is 5.69 Å². The van der Waals surface area contributed by atoms with Gasteiger partial charge in [0.1, 0.15) is 6.04 Å². The lowest BCUT2D eigenvalue weighted by molar-refractivity contribution is -0.171. The SMILES string of the molecule is CCOC(=O)C(C)C(Nc1ccccc1)C(F)(F)F. The number of hydrogen-bond acceptors (Lipinski definition) is 3. The molecule has 106 valence electrons. The Balaban J connectivity index is 2.87. The molecule has 0 saturated carbocycles. The summed E-state index contributed by atoms with van der Waals surface area (Å²) >= 11 is 0. The van der Waals surface area contributed by atoms with Crippen LogP contribution >= 0.6 is 0 Å². The third-order valence-electron chi connectivity index (χ3n) is 2.61. The normalized spacial score (nSPS) is 14.6. The highest BCUT2D eigenvalue weighted by atomic mass is 19.4. The predicted octanol–water partition coefficient (Wildman–Crippen LogP) is 3.23. The van der Waals surface area contributed by atoms with Crippen LogP contribution in [-0.4, -0.2) is 24.8 Å². The molecule has 0 aliphatic heterocycles. The van der Waals surface area contributed by atoms with Gasteiger partial charge in [0.25, 0.3) is 0 Å². The number of rotatable bonds is 5. The molecule has 0 amide bonds. The van der Waals surface area contributed by atoms with Crippen LogP contribution in [0.1, 0.15) is 13.8 Å². The fourth-order valence-corrected chi connectivity index (χ4v) is 1.61. The number of para-hydroxylation sites is 1. The zero-order valence-electron chi connectivity index (χ0n) is 10.7. The number of carbonyl (C=O) groups excluding carboxylic acids is 1. The van der Waals surface area contributed by atoms with Crippen molar-refractivity contribution in [1.29, 1.82) is 0 Å². The van der Waals surface area contributed by atoms with E-state index in [-0.39, 0.29) is 6.61 Å². The fraction of sp³-hybridized carbons (Fsp3) is 0.462. The second-order valence-corrected chi connectivity index (χ2v) is 4.07. The third kappa shape index (κ3) is 4.46. The van der Waals surface area contributed by atoms with Gasteiger partial charge in [0.15, 0.2) is 0 Å². The van der Waals surface area contributed by atoms with Crippen LogP contribution < -0.4 is 5.32 Å². The molecule has 3 nitrogen and oxygen atoms in total. The van der Waals surface area contributed by atoms with E-state index in [1.807, 2.05) is 0 Å². The Morgan fingerprint density at radius 2 is 1.89 bits per heavy atom. The van der Waals surface area contributed by atoms with Gasteiger partial charge in [0.2, 0.25) is 0 Å². The van der Waals surface area contributed by atoms with Crippen LogP contribution in [0, 0.1) is 5.92 Å². The summed E-state index contributed by atoms with van der Waals surface area (Å²) in [6.07, 6.45) is -4.54. The Morgan fingerprint density at radius 1 is 1.32 bits per heavy atom. The Kier molecular flexibility index (Phi) is 5.20. The van der Waals surface area contributed by atoms with Crippen molar-refractivity contribution in [1.82, 2.24) is 0 Å². The summed E-state index contributed by atoms with van der Waals surface area (Å²) in [6.45, 7) is 2.81. The van der Waals surface area contributed by atoms with E-state index in [1.165, 1.54) is 19.1 Å². The van der Waals surface area contributed by atoms with Crippen molar-refractivity contribution in [2.75, 3.05) is 11.9 Å². The molecule has 1 rings (SSSR count). The van der Waals surface area contributed by atoms with Crippen molar-refractivity contribution in [3.8, 4) is 0 Å². The number of halogens is 3. The standard InChI is InChI=1S/C13H16F3NO2/c1-3-19-12(18)9(2)11(13(14,15)16)17-10-7-5-4-6-8-10/h4-9,11,17H,3H2,1-2H3. The van der Waals surface area contributed by atoms with E-state index >= 15 is 0 Å². The van der Waals surface area contributed by atoms with Crippen molar-refractivity contribution in [3.05, 3.63) is 30.3 Å². The van der Waals surface area contributed by atoms with Gasteiger partial charge in [-0.3, -0.25) is 4.79 Å².